The van der Waals surface area contributed by atoms with Crippen LogP contribution < -0.4 is 5.32 Å². The van der Waals surface area contributed by atoms with Gasteiger partial charge < -0.3 is 5.32 Å². The molecule has 0 bridgehead atoms. The van der Waals surface area contributed by atoms with E-state index in [4.69, 9.17) is 0 Å². The van der Waals surface area contributed by atoms with E-state index in [-0.39, 0.29) is 5.91 Å². The maximum Gasteiger partial charge on any atom is 0.255 e. The van der Waals surface area contributed by atoms with Crippen LogP contribution in [0.25, 0.3) is 11.1 Å². The summed E-state index contributed by atoms with van der Waals surface area (Å²) in [4.78, 5) is 12.1. The quantitative estimate of drug-likeness (QED) is 0.752. The van der Waals surface area contributed by atoms with Gasteiger partial charge in [0.25, 0.3) is 5.91 Å². The Hall–Kier alpha value is -2.87. The lowest BCUT2D eigenvalue weighted by atomic mass is 10.1. The largest absolute Gasteiger partial charge is 0.322 e. The first-order valence-corrected chi connectivity index (χ1v) is 6.76. The van der Waals surface area contributed by atoms with Gasteiger partial charge in [0.05, 0.1) is 0 Å². The standard InChI is InChI=1S/C19H14NO/c21-19(17-9-5-2-6-10-17)20-18-13-11-16(12-14-18)15-7-3-1-4-8-15/h1-3,5-14H,(H,20,21). The third-order valence-corrected chi connectivity index (χ3v) is 3.22. The van der Waals surface area contributed by atoms with Crippen LogP contribution in [0.15, 0.2) is 78.9 Å². The molecule has 0 unspecified atom stereocenters. The Kier molecular flexibility index (Phi) is 3.79. The van der Waals surface area contributed by atoms with Crippen molar-refractivity contribution in [2.75, 3.05) is 5.32 Å². The molecule has 3 rings (SSSR count). The number of rotatable bonds is 3. The van der Waals surface area contributed by atoms with Crippen LogP contribution in [0.2, 0.25) is 0 Å². The monoisotopic (exact) mass is 272 g/mol. The Labute approximate surface area is 124 Å². The molecule has 1 radical (unpaired) electrons. The Morgan fingerprint density at radius 2 is 1.57 bits per heavy atom. The Morgan fingerprint density at radius 1 is 0.810 bits per heavy atom. The van der Waals surface area contributed by atoms with Crippen molar-refractivity contribution in [2.24, 2.45) is 0 Å². The first-order chi connectivity index (χ1) is 10.3. The van der Waals surface area contributed by atoms with Gasteiger partial charge in [0, 0.05) is 11.3 Å². The SMILES string of the molecule is O=C(Nc1ccc(-c2c[c]ccc2)cc1)c1ccccc1. The molecule has 101 valence electrons. The van der Waals surface area contributed by atoms with E-state index in [0.717, 1.165) is 16.8 Å². The van der Waals surface area contributed by atoms with Crippen LogP contribution in [0.4, 0.5) is 5.69 Å². The first-order valence-electron chi connectivity index (χ1n) is 6.76. The molecule has 0 saturated heterocycles. The second kappa shape index (κ2) is 6.06. The number of benzene rings is 3. The second-order valence-corrected chi connectivity index (χ2v) is 4.69. The smallest absolute Gasteiger partial charge is 0.255 e. The van der Waals surface area contributed by atoms with Crippen molar-refractivity contribution in [3.8, 4) is 11.1 Å². The zero-order chi connectivity index (χ0) is 14.5. The highest BCUT2D eigenvalue weighted by atomic mass is 16.1. The molecule has 0 heterocycles. The lowest BCUT2D eigenvalue weighted by molar-refractivity contribution is 0.102. The van der Waals surface area contributed by atoms with Crippen LogP contribution in [0, 0.1) is 6.07 Å². The Balaban J connectivity index is 1.75. The lowest BCUT2D eigenvalue weighted by Gasteiger charge is -2.07. The second-order valence-electron chi connectivity index (χ2n) is 4.69. The van der Waals surface area contributed by atoms with Crippen molar-refractivity contribution >= 4 is 11.6 Å². The molecule has 0 aromatic heterocycles. The number of hydrogen-bond donors (Lipinski definition) is 1. The molecule has 21 heavy (non-hydrogen) atoms. The summed E-state index contributed by atoms with van der Waals surface area (Å²) >= 11 is 0. The van der Waals surface area contributed by atoms with Crippen molar-refractivity contribution < 1.29 is 4.79 Å². The molecule has 0 spiro atoms. The predicted octanol–water partition coefficient (Wildman–Crippen LogP) is 4.41. The predicted molar refractivity (Wildman–Crippen MR) is 85.1 cm³/mol. The summed E-state index contributed by atoms with van der Waals surface area (Å²) in [7, 11) is 0. The molecule has 0 aliphatic carbocycles. The highest BCUT2D eigenvalue weighted by Gasteiger charge is 2.05. The number of nitrogens with one attached hydrogen (secondary N) is 1. The molecule has 0 atom stereocenters. The first kappa shape index (κ1) is 13.1. The third-order valence-electron chi connectivity index (χ3n) is 3.22. The molecule has 2 heteroatoms. The van der Waals surface area contributed by atoms with Gasteiger partial charge in [-0.15, -0.1) is 0 Å². The summed E-state index contributed by atoms with van der Waals surface area (Å²) < 4.78 is 0. The summed E-state index contributed by atoms with van der Waals surface area (Å²) in [5.74, 6) is -0.101. The summed E-state index contributed by atoms with van der Waals surface area (Å²) in [6, 6.07) is 27.8. The average Bonchev–Trinajstić information content (AvgIpc) is 2.57. The van der Waals surface area contributed by atoms with Crippen molar-refractivity contribution in [3.63, 3.8) is 0 Å². The molecule has 3 aromatic rings. The summed E-state index contributed by atoms with van der Waals surface area (Å²) in [5.41, 5.74) is 3.65. The van der Waals surface area contributed by atoms with E-state index < -0.39 is 0 Å². The number of amides is 1. The molecular weight excluding hydrogens is 258 g/mol. The maximum atomic E-state index is 12.1. The minimum atomic E-state index is -0.101. The fourth-order valence-electron chi connectivity index (χ4n) is 2.11. The van der Waals surface area contributed by atoms with Gasteiger partial charge in [-0.1, -0.05) is 48.5 Å². The minimum Gasteiger partial charge on any atom is -0.322 e. The van der Waals surface area contributed by atoms with Crippen molar-refractivity contribution in [1.82, 2.24) is 0 Å². The van der Waals surface area contributed by atoms with E-state index in [0.29, 0.717) is 5.56 Å². The van der Waals surface area contributed by atoms with Crippen LogP contribution in [0.1, 0.15) is 10.4 Å². The van der Waals surface area contributed by atoms with Crippen LogP contribution in [0.5, 0.6) is 0 Å². The Bertz CT molecular complexity index is 719. The molecule has 3 aromatic carbocycles. The molecule has 0 saturated carbocycles. The van der Waals surface area contributed by atoms with E-state index in [2.05, 4.69) is 11.4 Å². The van der Waals surface area contributed by atoms with Gasteiger partial charge in [-0.25, -0.2) is 0 Å². The van der Waals surface area contributed by atoms with Crippen LogP contribution >= 0.6 is 0 Å². The molecule has 0 aliphatic rings. The topological polar surface area (TPSA) is 29.1 Å². The van der Waals surface area contributed by atoms with Crippen LogP contribution in [-0.2, 0) is 0 Å². The fourth-order valence-corrected chi connectivity index (χ4v) is 2.11. The summed E-state index contributed by atoms with van der Waals surface area (Å²) in [6.07, 6.45) is 0. The van der Waals surface area contributed by atoms with Gasteiger partial charge in [-0.2, -0.15) is 0 Å². The molecule has 1 amide bonds. The van der Waals surface area contributed by atoms with E-state index in [1.165, 1.54) is 0 Å². The number of carbonyl (C=O) groups excluding carboxylic acids is 1. The molecule has 1 N–H and O–H groups in total. The van der Waals surface area contributed by atoms with Crippen molar-refractivity contribution in [2.45, 2.75) is 0 Å². The van der Waals surface area contributed by atoms with Gasteiger partial charge in [0.15, 0.2) is 0 Å². The normalized spacial score (nSPS) is 10.1. The van der Waals surface area contributed by atoms with Gasteiger partial charge >= 0.3 is 0 Å². The van der Waals surface area contributed by atoms with Gasteiger partial charge in [0.1, 0.15) is 0 Å². The molecular formula is C19H14NO. The molecule has 0 fully saturated rings. The summed E-state index contributed by atoms with van der Waals surface area (Å²) in [6.45, 7) is 0. The van der Waals surface area contributed by atoms with Crippen LogP contribution in [-0.4, -0.2) is 5.91 Å². The van der Waals surface area contributed by atoms with E-state index in [1.807, 2.05) is 66.7 Å². The molecule has 0 aliphatic heterocycles. The van der Waals surface area contributed by atoms with Gasteiger partial charge in [-0.05, 0) is 47.5 Å². The number of hydrogen-bond acceptors (Lipinski definition) is 1. The molecule has 2 nitrogen and oxygen atoms in total. The zero-order valence-electron chi connectivity index (χ0n) is 11.4. The van der Waals surface area contributed by atoms with Crippen LogP contribution in [0.3, 0.4) is 0 Å². The third kappa shape index (κ3) is 3.18. The Morgan fingerprint density at radius 3 is 2.24 bits per heavy atom. The van der Waals surface area contributed by atoms with Crippen molar-refractivity contribution in [1.29, 1.82) is 0 Å². The van der Waals surface area contributed by atoms with Crippen molar-refractivity contribution in [3.05, 3.63) is 90.5 Å². The minimum absolute atomic E-state index is 0.101. The zero-order valence-corrected chi connectivity index (χ0v) is 11.4. The fraction of sp³-hybridized carbons (Fsp3) is 0. The maximum absolute atomic E-state index is 12.1. The van der Waals surface area contributed by atoms with E-state index in [9.17, 15) is 4.79 Å². The highest BCUT2D eigenvalue weighted by Crippen LogP contribution is 2.21. The van der Waals surface area contributed by atoms with E-state index in [1.54, 1.807) is 12.1 Å². The average molecular weight is 272 g/mol. The van der Waals surface area contributed by atoms with E-state index >= 15 is 0 Å². The van der Waals surface area contributed by atoms with Gasteiger partial charge in [0.2, 0.25) is 0 Å². The highest BCUT2D eigenvalue weighted by molar-refractivity contribution is 6.04. The summed E-state index contributed by atoms with van der Waals surface area (Å²) in [5, 5.41) is 2.89. The van der Waals surface area contributed by atoms with Gasteiger partial charge in [-0.3, -0.25) is 4.79 Å². The number of carbonyl (C=O) groups is 1. The number of anilines is 1. The lowest BCUT2D eigenvalue weighted by Crippen LogP contribution is -2.11.